The molecular formula is C13H16Cl2N2O3. The molecule has 1 aromatic carbocycles. The largest absolute Gasteiger partial charge is 0.465 e. The predicted molar refractivity (Wildman–Crippen MR) is 77.4 cm³/mol. The van der Waals surface area contributed by atoms with Gasteiger partial charge in [0.2, 0.25) is 0 Å². The van der Waals surface area contributed by atoms with Gasteiger partial charge in [-0.05, 0) is 24.1 Å². The summed E-state index contributed by atoms with van der Waals surface area (Å²) in [6.45, 7) is 1.24. The Kier molecular flexibility index (Phi) is 4.75. The van der Waals surface area contributed by atoms with Crippen LogP contribution in [0.4, 0.5) is 4.79 Å². The van der Waals surface area contributed by atoms with Gasteiger partial charge in [0, 0.05) is 19.6 Å². The highest BCUT2D eigenvalue weighted by Crippen LogP contribution is 2.34. The fraction of sp³-hybridized carbons (Fsp3) is 0.462. The first-order chi connectivity index (χ1) is 9.48. The molecule has 3 N–H and O–H groups in total. The third kappa shape index (κ3) is 3.01. The Bertz CT molecular complexity index is 512. The van der Waals surface area contributed by atoms with E-state index in [0.717, 1.165) is 5.56 Å². The molecule has 1 aromatic rings. The molecule has 1 atom stereocenters. The fourth-order valence-electron chi connectivity index (χ4n) is 2.33. The van der Waals surface area contributed by atoms with E-state index in [9.17, 15) is 4.79 Å². The minimum Gasteiger partial charge on any atom is -0.465 e. The van der Waals surface area contributed by atoms with Crippen molar-refractivity contribution in [3.8, 4) is 0 Å². The van der Waals surface area contributed by atoms with Crippen LogP contribution in [0.15, 0.2) is 18.2 Å². The maximum Gasteiger partial charge on any atom is 0.407 e. The number of nitrogens with zero attached hydrogens (tertiary/aromatic N) is 1. The number of halogens is 2. The Labute approximate surface area is 127 Å². The molecule has 5 nitrogen and oxygen atoms in total. The zero-order valence-electron chi connectivity index (χ0n) is 10.8. The van der Waals surface area contributed by atoms with E-state index in [4.69, 9.17) is 38.8 Å². The molecule has 1 amide bonds. The molecule has 1 saturated heterocycles. The Balaban J connectivity index is 2.29. The molecule has 1 aliphatic heterocycles. The van der Waals surface area contributed by atoms with E-state index < -0.39 is 11.7 Å². The number of amides is 1. The maximum atomic E-state index is 11.0. The van der Waals surface area contributed by atoms with E-state index in [1.165, 1.54) is 4.90 Å². The third-order valence-corrected chi connectivity index (χ3v) is 4.31. The fourth-order valence-corrected chi connectivity index (χ4v) is 2.63. The summed E-state index contributed by atoms with van der Waals surface area (Å²) in [5, 5.41) is 9.95. The summed E-state index contributed by atoms with van der Waals surface area (Å²) in [6.07, 6.45) is -0.469. The van der Waals surface area contributed by atoms with Crippen molar-refractivity contribution in [3.63, 3.8) is 0 Å². The number of nitrogens with two attached hydrogens (primary N) is 1. The van der Waals surface area contributed by atoms with Crippen LogP contribution in [0.2, 0.25) is 10.0 Å². The number of carbonyl (C=O) groups is 1. The van der Waals surface area contributed by atoms with Crippen LogP contribution in [-0.4, -0.2) is 42.3 Å². The lowest BCUT2D eigenvalue weighted by atomic mass is 9.90. The quantitative estimate of drug-likeness (QED) is 0.878. The van der Waals surface area contributed by atoms with Gasteiger partial charge in [-0.1, -0.05) is 29.3 Å². The van der Waals surface area contributed by atoms with Crippen LogP contribution in [0.25, 0.3) is 0 Å². The first-order valence-electron chi connectivity index (χ1n) is 6.26. The van der Waals surface area contributed by atoms with Gasteiger partial charge in [-0.3, -0.25) is 0 Å². The van der Waals surface area contributed by atoms with Gasteiger partial charge >= 0.3 is 6.09 Å². The van der Waals surface area contributed by atoms with Crippen molar-refractivity contribution in [3.05, 3.63) is 33.8 Å². The van der Waals surface area contributed by atoms with Gasteiger partial charge in [0.25, 0.3) is 0 Å². The SMILES string of the molecule is NC[C@]1(c2ccc(Cl)c(Cl)c2)CCN(C(=O)O)CCO1. The van der Waals surface area contributed by atoms with E-state index in [2.05, 4.69) is 0 Å². The van der Waals surface area contributed by atoms with Crippen LogP contribution in [0.3, 0.4) is 0 Å². The second-order valence-electron chi connectivity index (χ2n) is 4.70. The Morgan fingerprint density at radius 2 is 2.15 bits per heavy atom. The van der Waals surface area contributed by atoms with Gasteiger partial charge in [0.15, 0.2) is 0 Å². The lowest BCUT2D eigenvalue weighted by Gasteiger charge is -2.31. The molecular weight excluding hydrogens is 303 g/mol. The number of ether oxygens (including phenoxy) is 1. The Morgan fingerprint density at radius 3 is 2.75 bits per heavy atom. The first kappa shape index (κ1) is 15.4. The normalized spacial score (nSPS) is 23.4. The van der Waals surface area contributed by atoms with Crippen LogP contribution >= 0.6 is 23.2 Å². The van der Waals surface area contributed by atoms with Gasteiger partial charge in [0.1, 0.15) is 5.60 Å². The van der Waals surface area contributed by atoms with E-state index in [0.29, 0.717) is 36.2 Å². The molecule has 110 valence electrons. The molecule has 1 heterocycles. The molecule has 0 saturated carbocycles. The minimum atomic E-state index is -0.949. The summed E-state index contributed by atoms with van der Waals surface area (Å²) in [4.78, 5) is 12.4. The zero-order valence-corrected chi connectivity index (χ0v) is 12.3. The summed E-state index contributed by atoms with van der Waals surface area (Å²) in [5.74, 6) is 0. The van der Waals surface area contributed by atoms with Crippen molar-refractivity contribution in [1.29, 1.82) is 0 Å². The van der Waals surface area contributed by atoms with Gasteiger partial charge in [-0.2, -0.15) is 0 Å². The van der Waals surface area contributed by atoms with E-state index in [1.54, 1.807) is 12.1 Å². The van der Waals surface area contributed by atoms with Crippen molar-refractivity contribution < 1.29 is 14.6 Å². The molecule has 0 aromatic heterocycles. The monoisotopic (exact) mass is 318 g/mol. The van der Waals surface area contributed by atoms with Crippen LogP contribution in [0, 0.1) is 0 Å². The predicted octanol–water partition coefficient (Wildman–Crippen LogP) is 2.55. The molecule has 0 aliphatic carbocycles. The lowest BCUT2D eigenvalue weighted by molar-refractivity contribution is -0.0359. The van der Waals surface area contributed by atoms with E-state index >= 15 is 0 Å². The summed E-state index contributed by atoms with van der Waals surface area (Å²) < 4.78 is 5.87. The minimum absolute atomic E-state index is 0.248. The van der Waals surface area contributed by atoms with Crippen LogP contribution in [-0.2, 0) is 10.3 Å². The van der Waals surface area contributed by atoms with Gasteiger partial charge in [0.05, 0.1) is 16.7 Å². The zero-order chi connectivity index (χ0) is 14.8. The van der Waals surface area contributed by atoms with Crippen molar-refractivity contribution in [2.24, 2.45) is 5.73 Å². The van der Waals surface area contributed by atoms with Gasteiger partial charge in [-0.15, -0.1) is 0 Å². The average Bonchev–Trinajstić information content (AvgIpc) is 2.65. The molecule has 1 aliphatic rings. The molecule has 2 rings (SSSR count). The number of benzene rings is 1. The first-order valence-corrected chi connectivity index (χ1v) is 7.01. The summed E-state index contributed by atoms with van der Waals surface area (Å²) in [5.41, 5.74) is 5.98. The lowest BCUT2D eigenvalue weighted by Crippen LogP contribution is -2.39. The molecule has 0 radical (unpaired) electrons. The summed E-state index contributed by atoms with van der Waals surface area (Å²) in [7, 11) is 0. The molecule has 7 heteroatoms. The smallest absolute Gasteiger partial charge is 0.407 e. The molecule has 0 spiro atoms. The summed E-state index contributed by atoms with van der Waals surface area (Å²) >= 11 is 12.0. The van der Waals surface area contributed by atoms with Crippen molar-refractivity contribution >= 4 is 29.3 Å². The van der Waals surface area contributed by atoms with Gasteiger partial charge < -0.3 is 20.5 Å². The van der Waals surface area contributed by atoms with Gasteiger partial charge in [-0.25, -0.2) is 4.79 Å². The van der Waals surface area contributed by atoms with Crippen LogP contribution in [0.5, 0.6) is 0 Å². The number of carboxylic acid groups (broad SMARTS) is 1. The van der Waals surface area contributed by atoms with Crippen molar-refractivity contribution in [2.75, 3.05) is 26.2 Å². The Hall–Kier alpha value is -1.01. The number of hydrogen-bond donors (Lipinski definition) is 2. The second-order valence-corrected chi connectivity index (χ2v) is 5.51. The highest BCUT2D eigenvalue weighted by molar-refractivity contribution is 6.42. The van der Waals surface area contributed by atoms with Crippen molar-refractivity contribution in [1.82, 2.24) is 4.90 Å². The van der Waals surface area contributed by atoms with E-state index in [1.807, 2.05) is 6.07 Å². The average molecular weight is 319 g/mol. The standard InChI is InChI=1S/C13H16Cl2N2O3/c14-10-2-1-9(7-11(10)15)13(8-16)3-4-17(12(18)19)5-6-20-13/h1-2,7H,3-6,8,16H2,(H,18,19)/t13-/m0/s1. The summed E-state index contributed by atoms with van der Waals surface area (Å²) in [6, 6.07) is 5.24. The van der Waals surface area contributed by atoms with Crippen LogP contribution in [0.1, 0.15) is 12.0 Å². The van der Waals surface area contributed by atoms with E-state index in [-0.39, 0.29) is 6.54 Å². The molecule has 20 heavy (non-hydrogen) atoms. The van der Waals surface area contributed by atoms with Crippen LogP contribution < -0.4 is 5.73 Å². The molecule has 0 unspecified atom stereocenters. The topological polar surface area (TPSA) is 75.8 Å². The maximum absolute atomic E-state index is 11.0. The highest BCUT2D eigenvalue weighted by Gasteiger charge is 2.35. The molecule has 1 fully saturated rings. The number of hydrogen-bond acceptors (Lipinski definition) is 3. The number of rotatable bonds is 2. The third-order valence-electron chi connectivity index (χ3n) is 3.57. The Morgan fingerprint density at radius 1 is 1.40 bits per heavy atom. The van der Waals surface area contributed by atoms with Crippen molar-refractivity contribution in [2.45, 2.75) is 12.0 Å². The second kappa shape index (κ2) is 6.18. The molecule has 0 bridgehead atoms. The highest BCUT2D eigenvalue weighted by atomic mass is 35.5.